The molecule has 3 amide bonds. The molecule has 1 N–H and O–H groups in total. The highest BCUT2D eigenvalue weighted by molar-refractivity contribution is 9.09. The molecule has 0 aliphatic carbocycles. The summed E-state index contributed by atoms with van der Waals surface area (Å²) in [4.78, 5) is 48.9. The van der Waals surface area contributed by atoms with E-state index in [1.54, 1.807) is 44.7 Å². The van der Waals surface area contributed by atoms with Gasteiger partial charge in [0.15, 0.2) is 0 Å². The quantitative estimate of drug-likeness (QED) is 0.221. The van der Waals surface area contributed by atoms with Crippen LogP contribution in [-0.4, -0.2) is 85.8 Å². The van der Waals surface area contributed by atoms with Crippen molar-refractivity contribution in [2.75, 3.05) is 31.1 Å². The summed E-state index contributed by atoms with van der Waals surface area (Å²) in [5, 5.41) is 11.0. The molecular weight excluding hydrogens is 638 g/mol. The monoisotopic (exact) mass is 679 g/mol. The number of para-hydroxylation sites is 1. The van der Waals surface area contributed by atoms with Gasteiger partial charge in [0.25, 0.3) is 5.91 Å². The summed E-state index contributed by atoms with van der Waals surface area (Å²) in [5.41, 5.74) is 1.42. The molecule has 10 heteroatoms. The van der Waals surface area contributed by atoms with Crippen LogP contribution >= 0.6 is 39.3 Å². The van der Waals surface area contributed by atoms with Gasteiger partial charge in [-0.2, -0.15) is 0 Å². The Morgan fingerprint density at radius 3 is 2.52 bits per heavy atom. The Morgan fingerprint density at radius 2 is 1.95 bits per heavy atom. The van der Waals surface area contributed by atoms with E-state index >= 15 is 0 Å². The van der Waals surface area contributed by atoms with Crippen LogP contribution in [0.25, 0.3) is 0 Å². The van der Waals surface area contributed by atoms with Crippen LogP contribution in [0.1, 0.15) is 45.6 Å². The molecular formula is C32H43BrClN3O4S. The summed E-state index contributed by atoms with van der Waals surface area (Å²) in [5.74, 6) is -1.87. The van der Waals surface area contributed by atoms with Crippen molar-refractivity contribution in [3.8, 4) is 0 Å². The van der Waals surface area contributed by atoms with Gasteiger partial charge in [0.1, 0.15) is 6.04 Å². The van der Waals surface area contributed by atoms with E-state index in [9.17, 15) is 19.5 Å². The zero-order chi connectivity index (χ0) is 30.9. The van der Waals surface area contributed by atoms with Gasteiger partial charge in [-0.25, -0.2) is 0 Å². The number of hydrogen-bond acceptors (Lipinski definition) is 5. The second-order valence-electron chi connectivity index (χ2n) is 11.8. The number of rotatable bonds is 13. The number of likely N-dealkylation sites (tertiary alicyclic amines) is 1. The number of aliphatic hydroxyl groups excluding tert-OH is 1. The third-order valence-corrected chi connectivity index (χ3v) is 12.8. The maximum Gasteiger partial charge on any atom is 0.251 e. The normalized spacial score (nSPS) is 29.3. The van der Waals surface area contributed by atoms with Crippen LogP contribution in [0.15, 0.2) is 43.5 Å². The van der Waals surface area contributed by atoms with Crippen LogP contribution in [-0.2, 0) is 14.4 Å². The van der Waals surface area contributed by atoms with Crippen molar-refractivity contribution in [3.63, 3.8) is 0 Å². The van der Waals surface area contributed by atoms with Crippen molar-refractivity contribution < 1.29 is 19.5 Å². The van der Waals surface area contributed by atoms with Crippen LogP contribution in [0.3, 0.4) is 0 Å². The number of alkyl halides is 1. The number of halogens is 2. The fourth-order valence-electron chi connectivity index (χ4n) is 7.26. The van der Waals surface area contributed by atoms with Gasteiger partial charge in [-0.1, -0.05) is 79.0 Å². The van der Waals surface area contributed by atoms with Gasteiger partial charge in [-0.15, -0.1) is 24.9 Å². The average Bonchev–Trinajstić information content (AvgIpc) is 3.55. The van der Waals surface area contributed by atoms with Crippen molar-refractivity contribution >= 4 is 62.7 Å². The number of aryl methyl sites for hydroxylation is 1. The molecule has 1 spiro atoms. The molecule has 8 atom stereocenters. The Morgan fingerprint density at radius 1 is 1.26 bits per heavy atom. The van der Waals surface area contributed by atoms with Crippen molar-refractivity contribution in [1.82, 2.24) is 9.80 Å². The van der Waals surface area contributed by atoms with E-state index in [4.69, 9.17) is 11.6 Å². The highest BCUT2D eigenvalue weighted by Gasteiger charge is 2.76. The van der Waals surface area contributed by atoms with E-state index in [2.05, 4.69) is 29.1 Å². The molecule has 2 bridgehead atoms. The number of amides is 3. The maximum absolute atomic E-state index is 15.0. The van der Waals surface area contributed by atoms with Crippen LogP contribution in [0.4, 0.5) is 5.69 Å². The number of anilines is 1. The van der Waals surface area contributed by atoms with Crippen LogP contribution < -0.4 is 4.90 Å². The van der Waals surface area contributed by atoms with Crippen LogP contribution in [0, 0.1) is 24.7 Å². The standard InChI is InChI=1S/C32H43BrClN3O4S/c1-7-14-35(15-8-2)29(39)24-25-30(40)37(23(18-38)19(5)10-4)28(32(25)17-21(33)27(24)42-32)31(41)36(16-9-3)26-20(6)12-11-13-22(26)34/h7,9,11-13,19,21,23-25,27-28,38H,1,3,8,10,14-18H2,2,4-6H3/t19-,21?,23-,24-,25-,27-,28?,32?/m0/s1. The van der Waals surface area contributed by atoms with E-state index in [-0.39, 0.29) is 46.9 Å². The summed E-state index contributed by atoms with van der Waals surface area (Å²) < 4.78 is -0.838. The molecule has 3 heterocycles. The molecule has 3 saturated heterocycles. The summed E-state index contributed by atoms with van der Waals surface area (Å²) in [6.07, 6.45) is 5.44. The lowest BCUT2D eigenvalue weighted by atomic mass is 9.70. The first kappa shape index (κ1) is 33.1. The Kier molecular flexibility index (Phi) is 10.6. The second kappa shape index (κ2) is 13.4. The number of thioether (sulfide) groups is 1. The molecule has 42 heavy (non-hydrogen) atoms. The number of carbonyl (C=O) groups excluding carboxylic acids is 3. The summed E-state index contributed by atoms with van der Waals surface area (Å²) in [7, 11) is 0. The zero-order valence-corrected chi connectivity index (χ0v) is 28.1. The molecule has 0 aromatic heterocycles. The summed E-state index contributed by atoms with van der Waals surface area (Å²) in [6, 6.07) is 4.04. The minimum absolute atomic E-state index is 0.0472. The summed E-state index contributed by atoms with van der Waals surface area (Å²) >= 11 is 12.2. The first-order valence-corrected chi connectivity index (χ1v) is 17.0. The van der Waals surface area contributed by atoms with Gasteiger partial charge < -0.3 is 19.8 Å². The van der Waals surface area contributed by atoms with E-state index in [1.165, 1.54) is 0 Å². The number of benzene rings is 1. The third-order valence-electron chi connectivity index (χ3n) is 9.28. The number of hydrogen-bond donors (Lipinski definition) is 1. The van der Waals surface area contributed by atoms with E-state index in [0.29, 0.717) is 30.2 Å². The lowest BCUT2D eigenvalue weighted by Crippen LogP contribution is -2.59. The molecule has 3 aliphatic rings. The Hall–Kier alpha value is -1.81. The number of fused-ring (bicyclic) bond motifs is 1. The predicted octanol–water partition coefficient (Wildman–Crippen LogP) is 5.46. The highest BCUT2D eigenvalue weighted by Crippen LogP contribution is 2.68. The molecule has 0 saturated carbocycles. The predicted molar refractivity (Wildman–Crippen MR) is 175 cm³/mol. The minimum atomic E-state index is -0.886. The molecule has 1 aromatic rings. The van der Waals surface area contributed by atoms with E-state index in [1.807, 2.05) is 39.8 Å². The van der Waals surface area contributed by atoms with Gasteiger partial charge in [0.2, 0.25) is 11.8 Å². The van der Waals surface area contributed by atoms with Crippen molar-refractivity contribution in [1.29, 1.82) is 0 Å². The minimum Gasteiger partial charge on any atom is -0.394 e. The highest BCUT2D eigenvalue weighted by atomic mass is 79.9. The number of nitrogens with zero attached hydrogens (tertiary/aromatic N) is 3. The van der Waals surface area contributed by atoms with Gasteiger partial charge in [0, 0.05) is 29.7 Å². The lowest BCUT2D eigenvalue weighted by Gasteiger charge is -2.41. The number of aliphatic hydroxyl groups is 1. The molecule has 0 radical (unpaired) electrons. The van der Waals surface area contributed by atoms with E-state index < -0.39 is 28.7 Å². The molecule has 4 rings (SSSR count). The lowest BCUT2D eigenvalue weighted by molar-refractivity contribution is -0.146. The maximum atomic E-state index is 15.0. The first-order valence-electron chi connectivity index (χ1n) is 14.9. The van der Waals surface area contributed by atoms with Gasteiger partial charge in [-0.05, 0) is 37.3 Å². The second-order valence-corrected chi connectivity index (χ2v) is 14.9. The molecule has 3 unspecified atom stereocenters. The largest absolute Gasteiger partial charge is 0.394 e. The molecule has 3 fully saturated rings. The van der Waals surface area contributed by atoms with Gasteiger partial charge >= 0.3 is 0 Å². The summed E-state index contributed by atoms with van der Waals surface area (Å²) in [6.45, 7) is 16.6. The van der Waals surface area contributed by atoms with Gasteiger partial charge in [-0.3, -0.25) is 14.4 Å². The van der Waals surface area contributed by atoms with Gasteiger partial charge in [0.05, 0.1) is 39.9 Å². The molecule has 7 nitrogen and oxygen atoms in total. The van der Waals surface area contributed by atoms with Crippen molar-refractivity contribution in [3.05, 3.63) is 54.1 Å². The van der Waals surface area contributed by atoms with Crippen LogP contribution in [0.5, 0.6) is 0 Å². The molecule has 1 aromatic carbocycles. The Labute approximate surface area is 267 Å². The zero-order valence-electron chi connectivity index (χ0n) is 25.0. The van der Waals surface area contributed by atoms with Crippen molar-refractivity contribution in [2.24, 2.45) is 17.8 Å². The first-order chi connectivity index (χ1) is 20.0. The number of carbonyl (C=O) groups is 3. The SMILES string of the molecule is C=CCN(CCC)C(=O)[C@H]1[C@H]2C(=O)N([C@@H](CO)[C@@H](C)CC)C(C(=O)N(CC=C)c3c(C)cccc3Cl)C23CC(Br)[C@@H]1S3. The van der Waals surface area contributed by atoms with Crippen LogP contribution in [0.2, 0.25) is 5.02 Å². The van der Waals surface area contributed by atoms with Crippen molar-refractivity contribution in [2.45, 2.75) is 73.9 Å². The Balaban J connectivity index is 1.90. The Bertz CT molecular complexity index is 1210. The smallest absolute Gasteiger partial charge is 0.251 e. The average molecular weight is 681 g/mol. The third kappa shape index (κ3) is 5.37. The van der Waals surface area contributed by atoms with E-state index in [0.717, 1.165) is 18.4 Å². The fraction of sp³-hybridized carbons (Fsp3) is 0.594. The fourth-order valence-corrected chi connectivity index (χ4v) is 11.2. The topological polar surface area (TPSA) is 81.2 Å². The molecule has 3 aliphatic heterocycles. The molecule has 230 valence electrons.